The highest BCUT2D eigenvalue weighted by molar-refractivity contribution is 5.91. The van der Waals surface area contributed by atoms with Crippen LogP contribution in [0.2, 0.25) is 0 Å². The largest absolute Gasteiger partial charge is 0.487 e. The summed E-state index contributed by atoms with van der Waals surface area (Å²) >= 11 is 0. The van der Waals surface area contributed by atoms with Crippen LogP contribution in [0, 0.1) is 0 Å². The Labute approximate surface area is 174 Å². The zero-order valence-electron chi connectivity index (χ0n) is 17.0. The molecule has 1 spiro atoms. The van der Waals surface area contributed by atoms with Gasteiger partial charge in [0.15, 0.2) is 0 Å². The van der Waals surface area contributed by atoms with E-state index < -0.39 is 5.92 Å². The van der Waals surface area contributed by atoms with Crippen LogP contribution >= 0.6 is 0 Å². The quantitative estimate of drug-likeness (QED) is 0.693. The van der Waals surface area contributed by atoms with Crippen LogP contribution < -0.4 is 15.6 Å². The van der Waals surface area contributed by atoms with Crippen molar-refractivity contribution in [3.63, 3.8) is 0 Å². The molecule has 30 heavy (non-hydrogen) atoms. The van der Waals surface area contributed by atoms with Gasteiger partial charge in [-0.15, -0.1) is 0 Å². The van der Waals surface area contributed by atoms with E-state index in [0.29, 0.717) is 16.5 Å². The predicted molar refractivity (Wildman–Crippen MR) is 115 cm³/mol. The standard InChI is InChI=1S/C24H25N3O3/c1-15(21-16-8-2-3-9-17(16)23(29)27-26-21)22(28)25-19-14-24(12-6-7-13-24)30-20-11-5-4-10-18(19)20/h2-5,8-11,15,19H,6-7,12-14H2,1H3,(H,25,28)(H,27,29)/t15-,19-/m1/s1. The lowest BCUT2D eigenvalue weighted by molar-refractivity contribution is -0.123. The molecule has 2 N–H and O–H groups in total. The van der Waals surface area contributed by atoms with Gasteiger partial charge in [0.2, 0.25) is 5.91 Å². The van der Waals surface area contributed by atoms with E-state index in [1.54, 1.807) is 6.07 Å². The Hall–Kier alpha value is -3.15. The molecular weight excluding hydrogens is 378 g/mol. The van der Waals surface area contributed by atoms with Crippen LogP contribution in [0.5, 0.6) is 5.75 Å². The number of aromatic amines is 1. The lowest BCUT2D eigenvalue weighted by atomic mass is 9.85. The van der Waals surface area contributed by atoms with E-state index in [9.17, 15) is 9.59 Å². The fourth-order valence-corrected chi connectivity index (χ4v) is 4.96. The van der Waals surface area contributed by atoms with Crippen molar-refractivity contribution in [2.75, 3.05) is 0 Å². The highest BCUT2D eigenvalue weighted by Gasteiger charge is 2.43. The number of aromatic nitrogens is 2. The third-order valence-corrected chi connectivity index (χ3v) is 6.56. The average Bonchev–Trinajstić information content (AvgIpc) is 3.21. The molecule has 1 aliphatic heterocycles. The SMILES string of the molecule is C[C@@H](C(=O)N[C@@H]1CC2(CCCC2)Oc2ccccc21)c1n[nH]c(=O)c2ccccc12. The summed E-state index contributed by atoms with van der Waals surface area (Å²) in [6.45, 7) is 1.83. The zero-order valence-corrected chi connectivity index (χ0v) is 17.0. The second kappa shape index (κ2) is 7.27. The lowest BCUT2D eigenvalue weighted by Crippen LogP contribution is -2.44. The molecule has 3 aromatic rings. The molecule has 1 amide bonds. The van der Waals surface area contributed by atoms with Gasteiger partial charge in [0, 0.05) is 17.4 Å². The highest BCUT2D eigenvalue weighted by Crippen LogP contribution is 2.47. The Bertz CT molecular complexity index is 1160. The monoisotopic (exact) mass is 403 g/mol. The molecule has 5 rings (SSSR count). The van der Waals surface area contributed by atoms with Crippen LogP contribution in [-0.2, 0) is 4.79 Å². The number of rotatable bonds is 3. The van der Waals surface area contributed by atoms with E-state index in [1.807, 2.05) is 49.4 Å². The Morgan fingerprint density at radius 1 is 1.13 bits per heavy atom. The highest BCUT2D eigenvalue weighted by atomic mass is 16.5. The van der Waals surface area contributed by atoms with Gasteiger partial charge in [0.05, 0.1) is 23.0 Å². The molecule has 0 bridgehead atoms. The second-order valence-corrected chi connectivity index (χ2v) is 8.50. The fraction of sp³-hybridized carbons (Fsp3) is 0.375. The number of hydrogen-bond acceptors (Lipinski definition) is 4. The number of benzene rings is 2. The van der Waals surface area contributed by atoms with Gasteiger partial charge in [-0.2, -0.15) is 5.10 Å². The third kappa shape index (κ3) is 3.16. The summed E-state index contributed by atoms with van der Waals surface area (Å²) in [5.74, 6) is 0.270. The average molecular weight is 403 g/mol. The van der Waals surface area contributed by atoms with Crippen LogP contribution in [0.15, 0.2) is 53.3 Å². The molecule has 6 nitrogen and oxygen atoms in total. The number of para-hydroxylation sites is 1. The number of amides is 1. The molecule has 2 atom stereocenters. The van der Waals surface area contributed by atoms with Crippen LogP contribution in [-0.4, -0.2) is 21.7 Å². The minimum absolute atomic E-state index is 0.1000. The van der Waals surface area contributed by atoms with Crippen molar-refractivity contribution in [1.29, 1.82) is 0 Å². The number of ether oxygens (including phenoxy) is 1. The molecule has 2 aliphatic rings. The van der Waals surface area contributed by atoms with Gasteiger partial charge in [-0.1, -0.05) is 36.4 Å². The first-order valence-corrected chi connectivity index (χ1v) is 10.6. The van der Waals surface area contributed by atoms with Crippen LogP contribution in [0.1, 0.15) is 62.2 Å². The Morgan fingerprint density at radius 2 is 1.83 bits per heavy atom. The maximum absolute atomic E-state index is 13.3. The molecule has 0 radical (unpaired) electrons. The number of nitrogens with one attached hydrogen (secondary N) is 2. The summed E-state index contributed by atoms with van der Waals surface area (Å²) in [4.78, 5) is 25.4. The third-order valence-electron chi connectivity index (χ3n) is 6.56. The van der Waals surface area contributed by atoms with Crippen molar-refractivity contribution in [1.82, 2.24) is 15.5 Å². The fourth-order valence-electron chi connectivity index (χ4n) is 4.96. The van der Waals surface area contributed by atoms with Gasteiger partial charge < -0.3 is 10.1 Å². The Morgan fingerprint density at radius 3 is 2.63 bits per heavy atom. The van der Waals surface area contributed by atoms with Crippen molar-refractivity contribution in [2.45, 2.75) is 56.6 Å². The normalized spacial score (nSPS) is 20.5. The van der Waals surface area contributed by atoms with Crippen LogP contribution in [0.3, 0.4) is 0 Å². The summed E-state index contributed by atoms with van der Waals surface area (Å²) in [6, 6.07) is 15.1. The van der Waals surface area contributed by atoms with E-state index in [0.717, 1.165) is 43.4 Å². The van der Waals surface area contributed by atoms with Crippen molar-refractivity contribution >= 4 is 16.7 Å². The summed E-state index contributed by atoms with van der Waals surface area (Å²) in [5.41, 5.74) is 1.18. The number of nitrogens with zero attached hydrogens (tertiary/aromatic N) is 1. The summed E-state index contributed by atoms with van der Waals surface area (Å²) in [6.07, 6.45) is 5.14. The maximum Gasteiger partial charge on any atom is 0.272 e. The molecular formula is C24H25N3O3. The van der Waals surface area contributed by atoms with E-state index >= 15 is 0 Å². The minimum atomic E-state index is -0.499. The van der Waals surface area contributed by atoms with E-state index in [2.05, 4.69) is 15.5 Å². The minimum Gasteiger partial charge on any atom is -0.487 e. The number of carbonyl (C=O) groups is 1. The van der Waals surface area contributed by atoms with E-state index in [4.69, 9.17) is 4.74 Å². The van der Waals surface area contributed by atoms with Crippen LogP contribution in [0.4, 0.5) is 0 Å². The first-order valence-electron chi connectivity index (χ1n) is 10.6. The summed E-state index contributed by atoms with van der Waals surface area (Å²) in [7, 11) is 0. The van der Waals surface area contributed by atoms with Gasteiger partial charge in [-0.3, -0.25) is 9.59 Å². The molecule has 2 heterocycles. The van der Waals surface area contributed by atoms with Gasteiger partial charge in [-0.25, -0.2) is 5.10 Å². The van der Waals surface area contributed by atoms with Crippen molar-refractivity contribution in [3.05, 3.63) is 70.1 Å². The molecule has 0 saturated heterocycles. The van der Waals surface area contributed by atoms with Crippen molar-refractivity contribution in [3.8, 4) is 5.75 Å². The molecule has 1 saturated carbocycles. The number of hydrogen-bond donors (Lipinski definition) is 2. The molecule has 1 fully saturated rings. The zero-order chi connectivity index (χ0) is 20.7. The van der Waals surface area contributed by atoms with Crippen molar-refractivity contribution < 1.29 is 9.53 Å². The van der Waals surface area contributed by atoms with Gasteiger partial charge in [-0.05, 0) is 44.7 Å². The molecule has 2 aromatic carbocycles. The molecule has 1 aliphatic carbocycles. The van der Waals surface area contributed by atoms with Gasteiger partial charge in [0.1, 0.15) is 11.4 Å². The van der Waals surface area contributed by atoms with E-state index in [-0.39, 0.29) is 23.1 Å². The second-order valence-electron chi connectivity index (χ2n) is 8.50. The Kier molecular flexibility index (Phi) is 4.57. The van der Waals surface area contributed by atoms with Crippen molar-refractivity contribution in [2.24, 2.45) is 0 Å². The topological polar surface area (TPSA) is 84.1 Å². The van der Waals surface area contributed by atoms with Crippen LogP contribution in [0.25, 0.3) is 10.8 Å². The lowest BCUT2D eigenvalue weighted by Gasteiger charge is -2.40. The van der Waals surface area contributed by atoms with E-state index in [1.165, 1.54) is 0 Å². The predicted octanol–water partition coefficient (Wildman–Crippen LogP) is 3.98. The number of H-pyrrole nitrogens is 1. The number of carbonyl (C=O) groups excluding carboxylic acids is 1. The van der Waals surface area contributed by atoms with Gasteiger partial charge in [0.25, 0.3) is 5.56 Å². The molecule has 1 aromatic heterocycles. The smallest absolute Gasteiger partial charge is 0.272 e. The molecule has 0 unspecified atom stereocenters. The Balaban J connectivity index is 1.45. The first-order chi connectivity index (χ1) is 14.6. The van der Waals surface area contributed by atoms with Gasteiger partial charge >= 0.3 is 0 Å². The maximum atomic E-state index is 13.3. The summed E-state index contributed by atoms with van der Waals surface area (Å²) < 4.78 is 6.40. The number of fused-ring (bicyclic) bond motifs is 2. The molecule has 6 heteroatoms. The summed E-state index contributed by atoms with van der Waals surface area (Å²) in [5, 5.41) is 11.3. The first kappa shape index (κ1) is 18.9. The molecule has 154 valence electrons.